The van der Waals surface area contributed by atoms with Gasteiger partial charge in [0.05, 0.1) is 17.9 Å². The zero-order chi connectivity index (χ0) is 15.5. The smallest absolute Gasteiger partial charge is 0.227 e. The second kappa shape index (κ2) is 6.79. The number of hydrogen-bond donors (Lipinski definition) is 0. The Balaban J connectivity index is 2.07. The van der Waals surface area contributed by atoms with Crippen LogP contribution in [0.3, 0.4) is 0 Å². The summed E-state index contributed by atoms with van der Waals surface area (Å²) in [6.45, 7) is 2.60. The fourth-order valence-electron chi connectivity index (χ4n) is 2.65. The van der Waals surface area contributed by atoms with Gasteiger partial charge in [-0.05, 0) is 30.5 Å². The highest BCUT2D eigenvalue weighted by Gasteiger charge is 2.34. The van der Waals surface area contributed by atoms with E-state index in [9.17, 15) is 13.2 Å². The minimum Gasteiger partial charge on any atom is -0.338 e. The van der Waals surface area contributed by atoms with Gasteiger partial charge in [0.1, 0.15) is 0 Å². The van der Waals surface area contributed by atoms with Crippen LogP contribution in [0.2, 0.25) is 5.02 Å². The summed E-state index contributed by atoms with van der Waals surface area (Å²) in [5, 5.41) is 0.637. The van der Waals surface area contributed by atoms with Gasteiger partial charge >= 0.3 is 0 Å². The van der Waals surface area contributed by atoms with Crippen LogP contribution in [0.4, 0.5) is 0 Å². The Kier molecular flexibility index (Phi) is 5.27. The topological polar surface area (TPSA) is 54.5 Å². The Morgan fingerprint density at radius 1 is 1.33 bits per heavy atom. The number of carbonyl (C=O) groups excluding carboxylic acids is 1. The predicted octanol–water partition coefficient (Wildman–Crippen LogP) is 2.31. The highest BCUT2D eigenvalue weighted by atomic mass is 35.5. The summed E-state index contributed by atoms with van der Waals surface area (Å²) in [5.74, 6) is 0.270. The van der Waals surface area contributed by atoms with E-state index in [1.807, 2.05) is 19.1 Å². The highest BCUT2D eigenvalue weighted by Crippen LogP contribution is 2.19. The van der Waals surface area contributed by atoms with Crippen molar-refractivity contribution in [2.75, 3.05) is 18.1 Å². The van der Waals surface area contributed by atoms with Crippen molar-refractivity contribution in [2.24, 2.45) is 0 Å². The van der Waals surface area contributed by atoms with Crippen molar-refractivity contribution < 1.29 is 13.2 Å². The molecular weight excluding hydrogens is 310 g/mol. The SMILES string of the molecule is CCCN(C(=O)Cc1ccc(Cl)cc1)[C@@H]1CCS(=O)(=O)C1. The summed E-state index contributed by atoms with van der Waals surface area (Å²) in [6, 6.07) is 7.00. The molecule has 0 spiro atoms. The molecule has 1 aliphatic rings. The van der Waals surface area contributed by atoms with Crippen molar-refractivity contribution in [3.05, 3.63) is 34.9 Å². The van der Waals surface area contributed by atoms with Crippen LogP contribution in [0, 0.1) is 0 Å². The van der Waals surface area contributed by atoms with E-state index in [0.717, 1.165) is 12.0 Å². The van der Waals surface area contributed by atoms with Gasteiger partial charge in [-0.25, -0.2) is 8.42 Å². The van der Waals surface area contributed by atoms with Gasteiger partial charge in [-0.15, -0.1) is 0 Å². The molecule has 0 saturated carbocycles. The number of halogens is 1. The van der Waals surface area contributed by atoms with Crippen LogP contribution in [0.1, 0.15) is 25.3 Å². The lowest BCUT2D eigenvalue weighted by atomic mass is 10.1. The number of amides is 1. The Labute approximate surface area is 131 Å². The lowest BCUT2D eigenvalue weighted by Gasteiger charge is -2.28. The summed E-state index contributed by atoms with van der Waals surface area (Å²) in [6.07, 6.45) is 1.66. The lowest BCUT2D eigenvalue weighted by molar-refractivity contribution is -0.132. The Morgan fingerprint density at radius 2 is 2.00 bits per heavy atom. The summed E-state index contributed by atoms with van der Waals surface area (Å²) in [7, 11) is -2.98. The molecule has 1 atom stereocenters. The van der Waals surface area contributed by atoms with E-state index < -0.39 is 9.84 Å². The van der Waals surface area contributed by atoms with Crippen molar-refractivity contribution in [1.29, 1.82) is 0 Å². The number of carbonyl (C=O) groups is 1. The van der Waals surface area contributed by atoms with Gasteiger partial charge in [-0.1, -0.05) is 30.7 Å². The average Bonchev–Trinajstić information content (AvgIpc) is 2.78. The Bertz CT molecular complexity index is 598. The fourth-order valence-corrected chi connectivity index (χ4v) is 4.51. The van der Waals surface area contributed by atoms with E-state index in [2.05, 4.69) is 0 Å². The maximum Gasteiger partial charge on any atom is 0.227 e. The Morgan fingerprint density at radius 3 is 2.52 bits per heavy atom. The summed E-state index contributed by atoms with van der Waals surface area (Å²) < 4.78 is 23.2. The fraction of sp³-hybridized carbons (Fsp3) is 0.533. The number of nitrogens with zero attached hydrogens (tertiary/aromatic N) is 1. The second-order valence-corrected chi connectivity index (χ2v) is 8.11. The Hall–Kier alpha value is -1.07. The molecule has 0 aliphatic carbocycles. The lowest BCUT2D eigenvalue weighted by Crippen LogP contribution is -2.42. The van der Waals surface area contributed by atoms with Gasteiger partial charge in [-0.3, -0.25) is 4.79 Å². The van der Waals surface area contributed by atoms with Crippen LogP contribution < -0.4 is 0 Å². The van der Waals surface area contributed by atoms with E-state index in [-0.39, 0.29) is 29.9 Å². The van der Waals surface area contributed by atoms with Gasteiger partial charge in [0.2, 0.25) is 5.91 Å². The van der Waals surface area contributed by atoms with Crippen LogP contribution in [-0.2, 0) is 21.1 Å². The molecule has 0 bridgehead atoms. The number of hydrogen-bond acceptors (Lipinski definition) is 3. The molecule has 2 rings (SSSR count). The normalized spacial score (nSPS) is 20.4. The number of benzene rings is 1. The third-order valence-electron chi connectivity index (χ3n) is 3.70. The first-order valence-corrected chi connectivity index (χ1v) is 9.35. The molecule has 21 heavy (non-hydrogen) atoms. The van der Waals surface area contributed by atoms with Crippen LogP contribution in [0.25, 0.3) is 0 Å². The average molecular weight is 330 g/mol. The molecule has 1 aromatic rings. The van der Waals surface area contributed by atoms with E-state index in [1.54, 1.807) is 17.0 Å². The first kappa shape index (κ1) is 16.3. The summed E-state index contributed by atoms with van der Waals surface area (Å²) >= 11 is 5.83. The van der Waals surface area contributed by atoms with Crippen LogP contribution in [0.5, 0.6) is 0 Å². The third-order valence-corrected chi connectivity index (χ3v) is 5.70. The number of rotatable bonds is 5. The first-order chi connectivity index (χ1) is 9.91. The van der Waals surface area contributed by atoms with Gasteiger partial charge in [0, 0.05) is 17.6 Å². The molecule has 0 N–H and O–H groups in total. The zero-order valence-electron chi connectivity index (χ0n) is 12.1. The van der Waals surface area contributed by atoms with E-state index in [1.165, 1.54) is 0 Å². The monoisotopic (exact) mass is 329 g/mol. The zero-order valence-corrected chi connectivity index (χ0v) is 13.7. The molecule has 1 saturated heterocycles. The largest absolute Gasteiger partial charge is 0.338 e. The van der Waals surface area contributed by atoms with E-state index in [0.29, 0.717) is 18.0 Å². The van der Waals surface area contributed by atoms with Crippen molar-refractivity contribution >= 4 is 27.3 Å². The molecule has 1 fully saturated rings. The summed E-state index contributed by atoms with van der Waals surface area (Å²) in [4.78, 5) is 14.2. The van der Waals surface area contributed by atoms with Crippen LogP contribution >= 0.6 is 11.6 Å². The molecule has 1 aliphatic heterocycles. The third kappa shape index (κ3) is 4.45. The van der Waals surface area contributed by atoms with E-state index >= 15 is 0 Å². The first-order valence-electron chi connectivity index (χ1n) is 7.15. The van der Waals surface area contributed by atoms with Gasteiger partial charge in [-0.2, -0.15) is 0 Å². The molecular formula is C15H20ClNO3S. The molecule has 1 heterocycles. The standard InChI is InChI=1S/C15H20ClNO3S/c1-2-8-17(14-7-9-21(19,20)11-14)15(18)10-12-3-5-13(16)6-4-12/h3-6,14H,2,7-11H2,1H3/t14-/m1/s1. The van der Waals surface area contributed by atoms with Crippen LogP contribution in [0.15, 0.2) is 24.3 Å². The van der Waals surface area contributed by atoms with Crippen LogP contribution in [-0.4, -0.2) is 43.3 Å². The maximum absolute atomic E-state index is 12.5. The molecule has 0 aromatic heterocycles. The maximum atomic E-state index is 12.5. The molecule has 0 unspecified atom stereocenters. The van der Waals surface area contributed by atoms with Gasteiger partial charge < -0.3 is 4.90 Å². The highest BCUT2D eigenvalue weighted by molar-refractivity contribution is 7.91. The number of sulfone groups is 1. The molecule has 4 nitrogen and oxygen atoms in total. The van der Waals surface area contributed by atoms with Crippen molar-refractivity contribution in [3.8, 4) is 0 Å². The molecule has 6 heteroatoms. The minimum atomic E-state index is -2.98. The second-order valence-electron chi connectivity index (χ2n) is 5.45. The molecule has 116 valence electrons. The molecule has 1 aromatic carbocycles. The van der Waals surface area contributed by atoms with Crippen molar-refractivity contribution in [2.45, 2.75) is 32.2 Å². The summed E-state index contributed by atoms with van der Waals surface area (Å²) in [5.41, 5.74) is 0.895. The van der Waals surface area contributed by atoms with Crippen molar-refractivity contribution in [1.82, 2.24) is 4.90 Å². The van der Waals surface area contributed by atoms with Crippen molar-refractivity contribution in [3.63, 3.8) is 0 Å². The predicted molar refractivity (Wildman–Crippen MR) is 84.2 cm³/mol. The van der Waals surface area contributed by atoms with Gasteiger partial charge in [0.15, 0.2) is 9.84 Å². The molecule has 1 amide bonds. The quantitative estimate of drug-likeness (QED) is 0.833. The minimum absolute atomic E-state index is 0.0127. The molecule has 0 radical (unpaired) electrons. The van der Waals surface area contributed by atoms with E-state index in [4.69, 9.17) is 11.6 Å². The van der Waals surface area contributed by atoms with Gasteiger partial charge in [0.25, 0.3) is 0 Å².